The molecule has 1 fully saturated rings. The first-order valence-corrected chi connectivity index (χ1v) is 7.26. The van der Waals surface area contributed by atoms with Crippen LogP contribution in [0.2, 0.25) is 0 Å². The van der Waals surface area contributed by atoms with Gasteiger partial charge in [0.05, 0.1) is 0 Å². The lowest BCUT2D eigenvalue weighted by atomic mass is 9.73. The van der Waals surface area contributed by atoms with E-state index in [1.807, 2.05) is 0 Å². The second kappa shape index (κ2) is 7.04. The predicted molar refractivity (Wildman–Crippen MR) is 76.9 cm³/mol. The molecular formula is C15H28N2O2. The average molecular weight is 268 g/mol. The van der Waals surface area contributed by atoms with Crippen molar-refractivity contribution in [2.24, 2.45) is 11.3 Å². The predicted octanol–water partition coefficient (Wildman–Crippen LogP) is 1.84. The summed E-state index contributed by atoms with van der Waals surface area (Å²) in [6, 6.07) is 0. The first-order chi connectivity index (χ1) is 8.81. The highest BCUT2D eigenvalue weighted by atomic mass is 16.2. The molecule has 1 aliphatic heterocycles. The summed E-state index contributed by atoms with van der Waals surface area (Å²) in [5.74, 6) is 0.734. The number of rotatable bonds is 6. The van der Waals surface area contributed by atoms with Gasteiger partial charge < -0.3 is 15.0 Å². The number of hydrogen-bond acceptors (Lipinski definition) is 3. The van der Waals surface area contributed by atoms with Crippen LogP contribution < -0.4 is 5.32 Å². The first-order valence-electron chi connectivity index (χ1n) is 7.26. The second-order valence-electron chi connectivity index (χ2n) is 6.54. The van der Waals surface area contributed by atoms with Crippen molar-refractivity contribution >= 4 is 11.7 Å². The molecule has 0 bridgehead atoms. The molecule has 0 aliphatic carbocycles. The van der Waals surface area contributed by atoms with E-state index in [1.165, 1.54) is 19.8 Å². The highest BCUT2D eigenvalue weighted by Crippen LogP contribution is 2.34. The minimum Gasteiger partial charge on any atom is -0.356 e. The quantitative estimate of drug-likeness (QED) is 0.799. The fourth-order valence-electron chi connectivity index (χ4n) is 2.64. The highest BCUT2D eigenvalue weighted by Gasteiger charge is 2.31. The number of likely N-dealkylation sites (tertiary alicyclic amines) is 1. The van der Waals surface area contributed by atoms with Crippen molar-refractivity contribution in [2.75, 3.05) is 26.7 Å². The van der Waals surface area contributed by atoms with Gasteiger partial charge in [-0.15, -0.1) is 0 Å². The maximum atomic E-state index is 11.7. The number of ketones is 1. The third kappa shape index (κ3) is 5.72. The van der Waals surface area contributed by atoms with Gasteiger partial charge in [-0.25, -0.2) is 0 Å². The maximum absolute atomic E-state index is 11.7. The fraction of sp³-hybridized carbons (Fsp3) is 0.867. The summed E-state index contributed by atoms with van der Waals surface area (Å²) in [5, 5.41) is 2.98. The van der Waals surface area contributed by atoms with Crippen LogP contribution >= 0.6 is 0 Å². The van der Waals surface area contributed by atoms with Gasteiger partial charge in [-0.1, -0.05) is 13.8 Å². The lowest BCUT2D eigenvalue weighted by Gasteiger charge is -2.39. The van der Waals surface area contributed by atoms with E-state index < -0.39 is 0 Å². The van der Waals surface area contributed by atoms with Crippen molar-refractivity contribution in [3.8, 4) is 0 Å². The highest BCUT2D eigenvalue weighted by molar-refractivity contribution is 5.83. The van der Waals surface area contributed by atoms with E-state index in [9.17, 15) is 9.59 Å². The van der Waals surface area contributed by atoms with E-state index in [0.717, 1.165) is 13.1 Å². The van der Waals surface area contributed by atoms with Gasteiger partial charge in [0.25, 0.3) is 0 Å². The number of Topliss-reactive ketones (excluding diaryl/α,β-unsaturated/α-hetero) is 1. The van der Waals surface area contributed by atoms with E-state index in [0.29, 0.717) is 25.3 Å². The van der Waals surface area contributed by atoms with Crippen LogP contribution in [0.3, 0.4) is 0 Å². The normalized spacial score (nSPS) is 18.3. The SMILES string of the molecule is CC(=O)CCC(=O)NCC(C)(C)C1CCN(C)CC1. The molecule has 110 valence electrons. The Morgan fingerprint density at radius 1 is 1.21 bits per heavy atom. The van der Waals surface area contributed by atoms with E-state index in [-0.39, 0.29) is 17.1 Å². The molecule has 0 aromatic heterocycles. The van der Waals surface area contributed by atoms with Gasteiger partial charge in [-0.3, -0.25) is 4.79 Å². The Morgan fingerprint density at radius 3 is 2.32 bits per heavy atom. The van der Waals surface area contributed by atoms with Gasteiger partial charge in [-0.05, 0) is 51.2 Å². The molecule has 1 amide bonds. The zero-order valence-electron chi connectivity index (χ0n) is 12.8. The molecule has 1 saturated heterocycles. The van der Waals surface area contributed by atoms with E-state index in [2.05, 4.69) is 31.1 Å². The third-order valence-corrected chi connectivity index (χ3v) is 4.27. The largest absolute Gasteiger partial charge is 0.356 e. The van der Waals surface area contributed by atoms with Gasteiger partial charge in [0.15, 0.2) is 0 Å². The topological polar surface area (TPSA) is 49.4 Å². The number of piperidine rings is 1. The van der Waals surface area contributed by atoms with Crippen LogP contribution in [0.1, 0.15) is 46.5 Å². The van der Waals surface area contributed by atoms with Crippen molar-refractivity contribution in [1.82, 2.24) is 10.2 Å². The van der Waals surface area contributed by atoms with E-state index in [1.54, 1.807) is 0 Å². The Balaban J connectivity index is 2.33. The van der Waals surface area contributed by atoms with Crippen LogP contribution in [-0.2, 0) is 9.59 Å². The Bertz CT molecular complexity index is 318. The standard InChI is InChI=1S/C15H28N2O2/c1-12(18)5-6-14(19)16-11-15(2,3)13-7-9-17(4)10-8-13/h13H,5-11H2,1-4H3,(H,16,19). The van der Waals surface area contributed by atoms with Gasteiger partial charge >= 0.3 is 0 Å². The monoisotopic (exact) mass is 268 g/mol. The molecular weight excluding hydrogens is 240 g/mol. The molecule has 0 aromatic rings. The van der Waals surface area contributed by atoms with Gasteiger partial charge in [-0.2, -0.15) is 0 Å². The molecule has 1 heterocycles. The minimum absolute atomic E-state index is 0.00352. The zero-order valence-corrected chi connectivity index (χ0v) is 12.8. The molecule has 1 rings (SSSR count). The summed E-state index contributed by atoms with van der Waals surface area (Å²) in [7, 11) is 2.16. The molecule has 4 heteroatoms. The van der Waals surface area contributed by atoms with Gasteiger partial charge in [0, 0.05) is 19.4 Å². The Kier molecular flexibility index (Phi) is 5.98. The number of carbonyl (C=O) groups excluding carboxylic acids is 2. The van der Waals surface area contributed by atoms with Gasteiger partial charge in [0.2, 0.25) is 5.91 Å². The molecule has 0 unspecified atom stereocenters. The Morgan fingerprint density at radius 2 is 1.79 bits per heavy atom. The van der Waals surface area contributed by atoms with Crippen LogP contribution in [0.5, 0.6) is 0 Å². The van der Waals surface area contributed by atoms with Crippen molar-refractivity contribution in [3.63, 3.8) is 0 Å². The van der Waals surface area contributed by atoms with E-state index >= 15 is 0 Å². The lowest BCUT2D eigenvalue weighted by molar-refractivity contribution is -0.125. The molecule has 19 heavy (non-hydrogen) atoms. The molecule has 0 saturated carbocycles. The molecule has 0 atom stereocenters. The van der Waals surface area contributed by atoms with Crippen LogP contribution in [0, 0.1) is 11.3 Å². The summed E-state index contributed by atoms with van der Waals surface area (Å²) in [6.45, 7) is 8.98. The summed E-state index contributed by atoms with van der Waals surface area (Å²) in [6.07, 6.45) is 3.07. The smallest absolute Gasteiger partial charge is 0.220 e. The van der Waals surface area contributed by atoms with Crippen LogP contribution in [0.15, 0.2) is 0 Å². The number of nitrogens with one attached hydrogen (secondary N) is 1. The maximum Gasteiger partial charge on any atom is 0.220 e. The summed E-state index contributed by atoms with van der Waals surface area (Å²) in [5.41, 5.74) is 0.132. The van der Waals surface area contributed by atoms with Crippen molar-refractivity contribution in [3.05, 3.63) is 0 Å². The molecule has 0 aromatic carbocycles. The van der Waals surface area contributed by atoms with Crippen molar-refractivity contribution in [2.45, 2.75) is 46.5 Å². The van der Waals surface area contributed by atoms with Crippen molar-refractivity contribution < 1.29 is 9.59 Å². The Hall–Kier alpha value is -0.900. The van der Waals surface area contributed by atoms with Crippen LogP contribution in [-0.4, -0.2) is 43.3 Å². The van der Waals surface area contributed by atoms with Crippen LogP contribution in [0.4, 0.5) is 0 Å². The molecule has 1 N–H and O–H groups in total. The van der Waals surface area contributed by atoms with Crippen LogP contribution in [0.25, 0.3) is 0 Å². The second-order valence-corrected chi connectivity index (χ2v) is 6.54. The fourth-order valence-corrected chi connectivity index (χ4v) is 2.64. The summed E-state index contributed by atoms with van der Waals surface area (Å²) >= 11 is 0. The summed E-state index contributed by atoms with van der Waals surface area (Å²) in [4.78, 5) is 24.9. The zero-order chi connectivity index (χ0) is 14.5. The average Bonchev–Trinajstić information content (AvgIpc) is 2.34. The number of nitrogens with zero attached hydrogens (tertiary/aromatic N) is 1. The number of hydrogen-bond donors (Lipinski definition) is 1. The molecule has 4 nitrogen and oxygen atoms in total. The summed E-state index contributed by atoms with van der Waals surface area (Å²) < 4.78 is 0. The number of amides is 1. The minimum atomic E-state index is -0.00352. The molecule has 0 radical (unpaired) electrons. The molecule has 0 spiro atoms. The van der Waals surface area contributed by atoms with E-state index in [4.69, 9.17) is 0 Å². The first kappa shape index (κ1) is 16.2. The van der Waals surface area contributed by atoms with Gasteiger partial charge in [0.1, 0.15) is 5.78 Å². The molecule has 1 aliphatic rings. The third-order valence-electron chi connectivity index (χ3n) is 4.27. The lowest BCUT2D eigenvalue weighted by Crippen LogP contribution is -2.43. The van der Waals surface area contributed by atoms with Crippen molar-refractivity contribution in [1.29, 1.82) is 0 Å². The Labute approximate surface area is 116 Å². The number of carbonyl (C=O) groups is 2.